The minimum Gasteiger partial charge on any atom is -0.453 e. The summed E-state index contributed by atoms with van der Waals surface area (Å²) in [7, 11) is 1.23. The van der Waals surface area contributed by atoms with Gasteiger partial charge in [-0.25, -0.2) is 4.79 Å². The van der Waals surface area contributed by atoms with E-state index in [2.05, 4.69) is 25.7 Å². The molecular formula is C17H25N5O4. The number of rotatable bonds is 7. The molecule has 2 atom stereocenters. The fourth-order valence-corrected chi connectivity index (χ4v) is 2.98. The number of nitrogens with one attached hydrogen (secondary N) is 3. The second kappa shape index (κ2) is 9.71. The summed E-state index contributed by atoms with van der Waals surface area (Å²) in [5.74, 6) is -0.376. The van der Waals surface area contributed by atoms with Crippen LogP contribution in [0.25, 0.3) is 0 Å². The second-order valence-electron chi connectivity index (χ2n) is 6.05. The third-order valence-corrected chi connectivity index (χ3v) is 4.11. The molecular weight excluding hydrogens is 338 g/mol. The predicted molar refractivity (Wildman–Crippen MR) is 94.1 cm³/mol. The smallest absolute Gasteiger partial charge is 0.407 e. The van der Waals surface area contributed by atoms with Crippen molar-refractivity contribution in [3.8, 4) is 0 Å². The number of nitrogens with zero attached hydrogens (tertiary/aromatic N) is 2. The summed E-state index contributed by atoms with van der Waals surface area (Å²) in [6, 6.07) is 3.30. The van der Waals surface area contributed by atoms with Crippen molar-refractivity contribution in [2.45, 2.75) is 32.0 Å². The van der Waals surface area contributed by atoms with E-state index in [4.69, 9.17) is 0 Å². The standard InChI is InChI=1S/C17H25N5O4/c1-3-19-16(24)14-7-13(21-15(23)9-20-17(25)26-2)11-22(14)10-12-5-4-6-18-8-12/h4-6,8,13-14H,3,7,9-11H2,1-2H3,(H,19,24)(H,20,25)(H,21,23)/t13-,14+/m1/s1. The molecule has 1 aliphatic heterocycles. The van der Waals surface area contributed by atoms with Crippen molar-refractivity contribution in [3.05, 3.63) is 30.1 Å². The molecule has 142 valence electrons. The summed E-state index contributed by atoms with van der Waals surface area (Å²) in [4.78, 5) is 41.5. The highest BCUT2D eigenvalue weighted by molar-refractivity contribution is 5.84. The van der Waals surface area contributed by atoms with Gasteiger partial charge in [0.25, 0.3) is 0 Å². The SMILES string of the molecule is CCNC(=O)[C@@H]1C[C@@H](NC(=O)CNC(=O)OC)CN1Cc1cccnc1. The topological polar surface area (TPSA) is 113 Å². The van der Waals surface area contributed by atoms with Gasteiger partial charge in [-0.05, 0) is 25.0 Å². The molecule has 3 amide bonds. The number of carbonyl (C=O) groups is 3. The van der Waals surface area contributed by atoms with Gasteiger partial charge in [-0.3, -0.25) is 19.5 Å². The lowest BCUT2D eigenvalue weighted by Gasteiger charge is -2.23. The molecule has 3 N–H and O–H groups in total. The van der Waals surface area contributed by atoms with Crippen LogP contribution in [0.1, 0.15) is 18.9 Å². The highest BCUT2D eigenvalue weighted by Crippen LogP contribution is 2.20. The summed E-state index contributed by atoms with van der Waals surface area (Å²) in [6.07, 6.45) is 3.31. The van der Waals surface area contributed by atoms with E-state index in [1.165, 1.54) is 7.11 Å². The summed E-state index contributed by atoms with van der Waals surface area (Å²) < 4.78 is 4.43. The van der Waals surface area contributed by atoms with Gasteiger partial charge in [-0.15, -0.1) is 0 Å². The van der Waals surface area contributed by atoms with Crippen LogP contribution in [-0.4, -0.2) is 66.6 Å². The number of hydrogen-bond acceptors (Lipinski definition) is 6. The molecule has 1 fully saturated rings. The summed E-state index contributed by atoms with van der Waals surface area (Å²) >= 11 is 0. The van der Waals surface area contributed by atoms with Crippen LogP contribution in [0.3, 0.4) is 0 Å². The third-order valence-electron chi connectivity index (χ3n) is 4.11. The van der Waals surface area contributed by atoms with Crippen molar-refractivity contribution in [2.24, 2.45) is 0 Å². The van der Waals surface area contributed by atoms with Crippen LogP contribution in [0.2, 0.25) is 0 Å². The van der Waals surface area contributed by atoms with E-state index in [0.29, 0.717) is 26.1 Å². The van der Waals surface area contributed by atoms with Gasteiger partial charge >= 0.3 is 6.09 Å². The van der Waals surface area contributed by atoms with Gasteiger partial charge in [-0.1, -0.05) is 6.07 Å². The zero-order chi connectivity index (χ0) is 18.9. The zero-order valence-electron chi connectivity index (χ0n) is 15.0. The Morgan fingerprint density at radius 2 is 2.15 bits per heavy atom. The predicted octanol–water partition coefficient (Wildman–Crippen LogP) is -0.367. The van der Waals surface area contributed by atoms with Crippen LogP contribution >= 0.6 is 0 Å². The second-order valence-corrected chi connectivity index (χ2v) is 6.05. The van der Waals surface area contributed by atoms with E-state index in [1.807, 2.05) is 24.0 Å². The van der Waals surface area contributed by atoms with Crippen LogP contribution in [-0.2, 0) is 20.9 Å². The van der Waals surface area contributed by atoms with Crippen LogP contribution < -0.4 is 16.0 Å². The van der Waals surface area contributed by atoms with E-state index in [9.17, 15) is 14.4 Å². The van der Waals surface area contributed by atoms with Crippen LogP contribution in [0, 0.1) is 0 Å². The van der Waals surface area contributed by atoms with E-state index in [0.717, 1.165) is 5.56 Å². The molecule has 0 unspecified atom stereocenters. The first-order chi connectivity index (χ1) is 12.5. The Bertz CT molecular complexity index is 625. The summed E-state index contributed by atoms with van der Waals surface area (Å²) in [5.41, 5.74) is 1.00. The number of carbonyl (C=O) groups excluding carboxylic acids is 3. The van der Waals surface area contributed by atoms with Gasteiger partial charge in [-0.2, -0.15) is 0 Å². The largest absolute Gasteiger partial charge is 0.453 e. The monoisotopic (exact) mass is 363 g/mol. The Hall–Kier alpha value is -2.68. The lowest BCUT2D eigenvalue weighted by atomic mass is 10.1. The normalized spacial score (nSPS) is 19.6. The fraction of sp³-hybridized carbons (Fsp3) is 0.529. The molecule has 0 radical (unpaired) electrons. The van der Waals surface area contributed by atoms with Crippen molar-refractivity contribution in [1.29, 1.82) is 0 Å². The van der Waals surface area contributed by atoms with Crippen molar-refractivity contribution >= 4 is 17.9 Å². The van der Waals surface area contributed by atoms with Crippen LogP contribution in [0.15, 0.2) is 24.5 Å². The summed E-state index contributed by atoms with van der Waals surface area (Å²) in [5, 5.41) is 8.03. The highest BCUT2D eigenvalue weighted by Gasteiger charge is 2.37. The highest BCUT2D eigenvalue weighted by atomic mass is 16.5. The average molecular weight is 363 g/mol. The first-order valence-electron chi connectivity index (χ1n) is 8.55. The minimum absolute atomic E-state index is 0.0548. The molecule has 0 saturated carbocycles. The van der Waals surface area contributed by atoms with Gasteiger partial charge in [0.1, 0.15) is 6.54 Å². The Labute approximate surface area is 152 Å². The van der Waals surface area contributed by atoms with Gasteiger partial charge in [0.05, 0.1) is 13.2 Å². The number of methoxy groups -OCH3 is 1. The first-order valence-corrected chi connectivity index (χ1v) is 8.55. The number of likely N-dealkylation sites (tertiary alicyclic amines) is 1. The number of amides is 3. The molecule has 1 aromatic heterocycles. The fourth-order valence-electron chi connectivity index (χ4n) is 2.98. The maximum absolute atomic E-state index is 12.4. The van der Waals surface area contributed by atoms with E-state index >= 15 is 0 Å². The van der Waals surface area contributed by atoms with Gasteiger partial charge in [0, 0.05) is 38.1 Å². The zero-order valence-corrected chi connectivity index (χ0v) is 15.0. The lowest BCUT2D eigenvalue weighted by molar-refractivity contribution is -0.125. The van der Waals surface area contributed by atoms with Crippen LogP contribution in [0.4, 0.5) is 4.79 Å². The number of ether oxygens (including phenoxy) is 1. The van der Waals surface area contributed by atoms with Crippen molar-refractivity contribution in [1.82, 2.24) is 25.8 Å². The Balaban J connectivity index is 1.96. The number of alkyl carbamates (subject to hydrolysis) is 1. The maximum atomic E-state index is 12.4. The van der Waals surface area contributed by atoms with Crippen molar-refractivity contribution < 1.29 is 19.1 Å². The average Bonchev–Trinajstić information content (AvgIpc) is 3.03. The van der Waals surface area contributed by atoms with E-state index in [1.54, 1.807) is 12.4 Å². The molecule has 1 aromatic rings. The Kier molecular flexibility index (Phi) is 7.34. The molecule has 0 aliphatic carbocycles. The lowest BCUT2D eigenvalue weighted by Crippen LogP contribution is -2.43. The molecule has 2 rings (SSSR count). The first kappa shape index (κ1) is 19.6. The van der Waals surface area contributed by atoms with Gasteiger partial charge in [0.2, 0.25) is 11.8 Å². The minimum atomic E-state index is -0.662. The molecule has 1 saturated heterocycles. The molecule has 9 nitrogen and oxygen atoms in total. The third kappa shape index (κ3) is 5.69. The molecule has 1 aliphatic rings. The molecule has 2 heterocycles. The maximum Gasteiger partial charge on any atom is 0.407 e. The number of pyridine rings is 1. The molecule has 9 heteroatoms. The quantitative estimate of drug-likeness (QED) is 0.609. The summed E-state index contributed by atoms with van der Waals surface area (Å²) in [6.45, 7) is 3.37. The Morgan fingerprint density at radius 1 is 1.35 bits per heavy atom. The Morgan fingerprint density at radius 3 is 2.81 bits per heavy atom. The number of likely N-dealkylation sites (N-methyl/N-ethyl adjacent to an activating group) is 1. The van der Waals surface area contributed by atoms with Crippen molar-refractivity contribution in [3.63, 3.8) is 0 Å². The van der Waals surface area contributed by atoms with Crippen LogP contribution in [0.5, 0.6) is 0 Å². The molecule has 0 bridgehead atoms. The van der Waals surface area contributed by atoms with E-state index in [-0.39, 0.29) is 30.4 Å². The van der Waals surface area contributed by atoms with Gasteiger partial charge < -0.3 is 20.7 Å². The number of aromatic nitrogens is 1. The molecule has 26 heavy (non-hydrogen) atoms. The van der Waals surface area contributed by atoms with Crippen molar-refractivity contribution in [2.75, 3.05) is 26.7 Å². The number of hydrogen-bond donors (Lipinski definition) is 3. The molecule has 0 spiro atoms. The molecule has 0 aromatic carbocycles. The van der Waals surface area contributed by atoms with Gasteiger partial charge in [0.15, 0.2) is 0 Å². The van der Waals surface area contributed by atoms with E-state index < -0.39 is 6.09 Å².